The van der Waals surface area contributed by atoms with E-state index in [0.29, 0.717) is 18.7 Å². The summed E-state index contributed by atoms with van der Waals surface area (Å²) in [5.41, 5.74) is 6.69. The summed E-state index contributed by atoms with van der Waals surface area (Å²) < 4.78 is 18.4. The predicted molar refractivity (Wildman–Crippen MR) is 73.0 cm³/mol. The van der Waals surface area contributed by atoms with E-state index in [1.165, 1.54) is 12.1 Å². The molecule has 0 amide bonds. The Morgan fingerprint density at radius 2 is 2.25 bits per heavy atom. The van der Waals surface area contributed by atoms with E-state index in [4.69, 9.17) is 15.4 Å². The Kier molecular flexibility index (Phi) is 4.73. The van der Waals surface area contributed by atoms with Crippen LogP contribution in [0.5, 0.6) is 0 Å². The topological polar surface area (TPSA) is 83.8 Å². The molecule has 0 spiro atoms. The second kappa shape index (κ2) is 6.72. The average molecular weight is 277 g/mol. The third-order valence-corrected chi connectivity index (χ3v) is 2.90. The number of nitrogens with one attached hydrogen (secondary N) is 1. The molecule has 0 saturated carbocycles. The van der Waals surface area contributed by atoms with Gasteiger partial charge in [-0.05, 0) is 29.8 Å². The van der Waals surface area contributed by atoms with Gasteiger partial charge in [0, 0.05) is 25.1 Å². The van der Waals surface area contributed by atoms with Crippen LogP contribution in [0, 0.1) is 5.82 Å². The van der Waals surface area contributed by atoms with Crippen molar-refractivity contribution in [2.24, 2.45) is 10.9 Å². The number of furan rings is 1. The highest BCUT2D eigenvalue weighted by Gasteiger charge is 2.08. The Balaban J connectivity index is 1.95. The zero-order valence-corrected chi connectivity index (χ0v) is 10.8. The fraction of sp³-hybridized carbons (Fsp3) is 0.214. The van der Waals surface area contributed by atoms with Gasteiger partial charge in [0.15, 0.2) is 5.84 Å². The minimum atomic E-state index is -0.425. The maximum absolute atomic E-state index is 13.2. The van der Waals surface area contributed by atoms with Gasteiger partial charge >= 0.3 is 0 Å². The van der Waals surface area contributed by atoms with Gasteiger partial charge in [-0.2, -0.15) is 0 Å². The van der Waals surface area contributed by atoms with Crippen molar-refractivity contribution in [2.75, 3.05) is 6.54 Å². The van der Waals surface area contributed by atoms with Crippen LogP contribution >= 0.6 is 0 Å². The lowest BCUT2D eigenvalue weighted by atomic mass is 10.1. The zero-order valence-electron chi connectivity index (χ0n) is 10.8. The molecule has 4 N–H and O–H groups in total. The van der Waals surface area contributed by atoms with Gasteiger partial charge in [-0.25, -0.2) is 4.39 Å². The van der Waals surface area contributed by atoms with Crippen molar-refractivity contribution < 1.29 is 14.0 Å². The van der Waals surface area contributed by atoms with Gasteiger partial charge in [-0.3, -0.25) is 0 Å². The van der Waals surface area contributed by atoms with Crippen molar-refractivity contribution in [1.82, 2.24) is 5.32 Å². The first-order chi connectivity index (χ1) is 9.70. The fourth-order valence-corrected chi connectivity index (χ4v) is 1.88. The van der Waals surface area contributed by atoms with Crippen LogP contribution in [0.2, 0.25) is 0 Å². The third kappa shape index (κ3) is 3.58. The number of hydrogen-bond acceptors (Lipinski definition) is 4. The molecule has 106 valence electrons. The number of benzene rings is 1. The van der Waals surface area contributed by atoms with Crippen LogP contribution in [-0.2, 0) is 13.0 Å². The number of amidine groups is 1. The Morgan fingerprint density at radius 3 is 2.95 bits per heavy atom. The van der Waals surface area contributed by atoms with E-state index in [1.54, 1.807) is 12.3 Å². The van der Waals surface area contributed by atoms with E-state index in [2.05, 4.69) is 10.5 Å². The molecule has 0 unspecified atom stereocenters. The van der Waals surface area contributed by atoms with Crippen LogP contribution in [0.25, 0.3) is 0 Å². The summed E-state index contributed by atoms with van der Waals surface area (Å²) in [5.74, 6) is 0.367. The van der Waals surface area contributed by atoms with Crippen LogP contribution in [0.4, 0.5) is 4.39 Å². The van der Waals surface area contributed by atoms with Crippen molar-refractivity contribution in [3.05, 3.63) is 59.3 Å². The highest BCUT2D eigenvalue weighted by Crippen LogP contribution is 2.11. The third-order valence-electron chi connectivity index (χ3n) is 2.90. The molecule has 1 aromatic heterocycles. The Hall–Kier alpha value is -2.34. The quantitative estimate of drug-likeness (QED) is 0.247. The monoisotopic (exact) mass is 277 g/mol. The highest BCUT2D eigenvalue weighted by molar-refractivity contribution is 5.98. The summed E-state index contributed by atoms with van der Waals surface area (Å²) in [4.78, 5) is 0. The van der Waals surface area contributed by atoms with E-state index >= 15 is 0 Å². The van der Waals surface area contributed by atoms with Gasteiger partial charge < -0.3 is 20.7 Å². The summed E-state index contributed by atoms with van der Waals surface area (Å²) in [5, 5.41) is 14.8. The number of oxime groups is 1. The van der Waals surface area contributed by atoms with Gasteiger partial charge in [0.25, 0.3) is 0 Å². The van der Waals surface area contributed by atoms with Crippen molar-refractivity contribution in [2.45, 2.75) is 13.0 Å². The SMILES string of the molecule is NC(=NO)c1cc(F)ccc1CNCCc1ccco1. The van der Waals surface area contributed by atoms with Gasteiger partial charge in [0.2, 0.25) is 0 Å². The van der Waals surface area contributed by atoms with Crippen molar-refractivity contribution in [1.29, 1.82) is 0 Å². The molecule has 1 aromatic carbocycles. The molecule has 0 bridgehead atoms. The lowest BCUT2D eigenvalue weighted by Crippen LogP contribution is -2.21. The van der Waals surface area contributed by atoms with Gasteiger partial charge in [-0.1, -0.05) is 11.2 Å². The first kappa shape index (κ1) is 14.1. The minimum Gasteiger partial charge on any atom is -0.469 e. The molecule has 0 radical (unpaired) electrons. The molecule has 20 heavy (non-hydrogen) atoms. The maximum Gasteiger partial charge on any atom is 0.170 e. The number of rotatable bonds is 6. The van der Waals surface area contributed by atoms with Gasteiger partial charge in [0.05, 0.1) is 6.26 Å². The summed E-state index contributed by atoms with van der Waals surface area (Å²) in [6.07, 6.45) is 2.39. The molecule has 1 heterocycles. The van der Waals surface area contributed by atoms with Crippen LogP contribution < -0.4 is 11.1 Å². The van der Waals surface area contributed by atoms with Crippen LogP contribution in [0.3, 0.4) is 0 Å². The molecule has 0 fully saturated rings. The summed E-state index contributed by atoms with van der Waals surface area (Å²) >= 11 is 0. The summed E-state index contributed by atoms with van der Waals surface area (Å²) in [6.45, 7) is 1.20. The van der Waals surface area contributed by atoms with Crippen molar-refractivity contribution >= 4 is 5.84 Å². The molecule has 2 aromatic rings. The molecule has 0 saturated heterocycles. The molecule has 2 rings (SSSR count). The van der Waals surface area contributed by atoms with E-state index in [9.17, 15) is 4.39 Å². The minimum absolute atomic E-state index is 0.104. The van der Waals surface area contributed by atoms with Crippen molar-refractivity contribution in [3.8, 4) is 0 Å². The molecule has 6 heteroatoms. The predicted octanol–water partition coefficient (Wildman–Crippen LogP) is 1.85. The first-order valence-electron chi connectivity index (χ1n) is 6.20. The van der Waals surface area contributed by atoms with Crippen LogP contribution in [-0.4, -0.2) is 17.6 Å². The van der Waals surface area contributed by atoms with E-state index in [-0.39, 0.29) is 5.84 Å². The van der Waals surface area contributed by atoms with Gasteiger partial charge in [0.1, 0.15) is 11.6 Å². The Labute approximate surface area is 115 Å². The molecular weight excluding hydrogens is 261 g/mol. The summed E-state index contributed by atoms with van der Waals surface area (Å²) in [7, 11) is 0. The fourth-order valence-electron chi connectivity index (χ4n) is 1.88. The normalized spacial score (nSPS) is 11.8. The lowest BCUT2D eigenvalue weighted by molar-refractivity contribution is 0.318. The smallest absolute Gasteiger partial charge is 0.170 e. The number of nitrogens with two attached hydrogens (primary N) is 1. The lowest BCUT2D eigenvalue weighted by Gasteiger charge is -2.09. The molecule has 0 aliphatic rings. The highest BCUT2D eigenvalue weighted by atomic mass is 19.1. The average Bonchev–Trinajstić information content (AvgIpc) is 2.97. The van der Waals surface area contributed by atoms with Crippen molar-refractivity contribution in [3.63, 3.8) is 0 Å². The molecular formula is C14H16FN3O2. The largest absolute Gasteiger partial charge is 0.469 e. The number of halogens is 1. The zero-order chi connectivity index (χ0) is 14.4. The van der Waals surface area contributed by atoms with E-state index in [1.807, 2.05) is 12.1 Å². The number of nitrogens with zero attached hydrogens (tertiary/aromatic N) is 1. The molecule has 0 aliphatic heterocycles. The second-order valence-electron chi connectivity index (χ2n) is 4.29. The molecule has 0 atom stereocenters. The van der Waals surface area contributed by atoms with Crippen LogP contribution in [0.1, 0.15) is 16.9 Å². The van der Waals surface area contributed by atoms with E-state index < -0.39 is 5.82 Å². The Morgan fingerprint density at radius 1 is 1.40 bits per heavy atom. The van der Waals surface area contributed by atoms with E-state index in [0.717, 1.165) is 17.7 Å². The second-order valence-corrected chi connectivity index (χ2v) is 4.29. The molecule has 5 nitrogen and oxygen atoms in total. The standard InChI is InChI=1S/C14H16FN3O2/c15-11-4-3-10(13(8-11)14(16)18-19)9-17-6-5-12-2-1-7-20-12/h1-4,7-8,17,19H,5-6,9H2,(H2,16,18). The molecule has 0 aliphatic carbocycles. The Bertz CT molecular complexity index is 582. The van der Waals surface area contributed by atoms with Crippen LogP contribution in [0.15, 0.2) is 46.2 Å². The summed E-state index contributed by atoms with van der Waals surface area (Å²) in [6, 6.07) is 7.95. The maximum atomic E-state index is 13.2. The van der Waals surface area contributed by atoms with Gasteiger partial charge in [-0.15, -0.1) is 0 Å². The first-order valence-corrected chi connectivity index (χ1v) is 6.20. The number of hydrogen-bond donors (Lipinski definition) is 3.